The molecule has 0 bridgehead atoms. The molecule has 0 fully saturated rings. The van der Waals surface area contributed by atoms with E-state index in [9.17, 15) is 0 Å². The van der Waals surface area contributed by atoms with Crippen LogP contribution in [0.25, 0.3) is 0 Å². The Hall–Kier alpha value is -1.19. The van der Waals surface area contributed by atoms with Gasteiger partial charge in [0.15, 0.2) is 0 Å². The van der Waals surface area contributed by atoms with Crippen LogP contribution in [-0.4, -0.2) is 6.61 Å². The zero-order chi connectivity index (χ0) is 14.1. The first-order valence-electron chi connectivity index (χ1n) is 6.58. The Morgan fingerprint density at radius 2 is 2.10 bits per heavy atom. The van der Waals surface area contributed by atoms with Crippen LogP contribution >= 0.6 is 27.5 Å². The Kier molecular flexibility index (Phi) is 3.90. The Balaban J connectivity index is 1.89. The van der Waals surface area contributed by atoms with Gasteiger partial charge >= 0.3 is 0 Å². The van der Waals surface area contributed by atoms with Crippen molar-refractivity contribution < 1.29 is 4.74 Å². The molecule has 1 unspecified atom stereocenters. The minimum absolute atomic E-state index is 0.245. The number of anilines is 1. The summed E-state index contributed by atoms with van der Waals surface area (Å²) in [4.78, 5) is 0. The van der Waals surface area contributed by atoms with Crippen LogP contribution in [0.3, 0.4) is 0 Å². The minimum atomic E-state index is 0.245. The number of aryl methyl sites for hydroxylation is 1. The molecular weight excluding hydrogens is 338 g/mol. The lowest BCUT2D eigenvalue weighted by Crippen LogP contribution is -2.20. The summed E-state index contributed by atoms with van der Waals surface area (Å²) in [5.41, 5.74) is 3.31. The molecule has 2 aromatic rings. The average Bonchev–Trinajstić information content (AvgIpc) is 2.44. The van der Waals surface area contributed by atoms with Gasteiger partial charge in [0.2, 0.25) is 0 Å². The smallest absolute Gasteiger partial charge is 0.124 e. The van der Waals surface area contributed by atoms with E-state index in [0.29, 0.717) is 0 Å². The fourth-order valence-electron chi connectivity index (χ4n) is 2.40. The topological polar surface area (TPSA) is 21.3 Å². The lowest BCUT2D eigenvalue weighted by Gasteiger charge is -2.28. The standard InChI is InChI=1S/C16H15BrClNO/c1-10-2-4-12(9-14(10)18)19-15-6-7-20-16-5-3-11(17)8-13(15)16/h2-5,8-9,15,19H,6-7H2,1H3. The molecule has 20 heavy (non-hydrogen) atoms. The molecule has 0 amide bonds. The number of ether oxygens (including phenoxy) is 1. The highest BCUT2D eigenvalue weighted by atomic mass is 79.9. The monoisotopic (exact) mass is 351 g/mol. The zero-order valence-electron chi connectivity index (χ0n) is 11.1. The predicted octanol–water partition coefficient (Wildman–Crippen LogP) is 5.35. The van der Waals surface area contributed by atoms with Gasteiger partial charge in [0, 0.05) is 27.2 Å². The summed E-state index contributed by atoms with van der Waals surface area (Å²) in [5.74, 6) is 0.954. The maximum absolute atomic E-state index is 6.18. The number of rotatable bonds is 2. The van der Waals surface area contributed by atoms with Gasteiger partial charge < -0.3 is 10.1 Å². The summed E-state index contributed by atoms with van der Waals surface area (Å²) in [6.45, 7) is 2.73. The van der Waals surface area contributed by atoms with E-state index in [1.54, 1.807) is 0 Å². The number of benzene rings is 2. The quantitative estimate of drug-likeness (QED) is 0.787. The summed E-state index contributed by atoms with van der Waals surface area (Å²) in [6, 6.07) is 12.4. The number of nitrogens with one attached hydrogen (secondary N) is 1. The number of fused-ring (bicyclic) bond motifs is 1. The van der Waals surface area contributed by atoms with Crippen LogP contribution in [0.2, 0.25) is 5.02 Å². The van der Waals surface area contributed by atoms with Crippen molar-refractivity contribution in [1.29, 1.82) is 0 Å². The summed E-state index contributed by atoms with van der Waals surface area (Å²) in [6.07, 6.45) is 0.939. The third-order valence-corrected chi connectivity index (χ3v) is 4.42. The van der Waals surface area contributed by atoms with Gasteiger partial charge in [-0.2, -0.15) is 0 Å². The van der Waals surface area contributed by atoms with Crippen molar-refractivity contribution in [2.24, 2.45) is 0 Å². The van der Waals surface area contributed by atoms with Gasteiger partial charge in [-0.3, -0.25) is 0 Å². The van der Waals surface area contributed by atoms with Crippen molar-refractivity contribution in [3.63, 3.8) is 0 Å². The molecule has 0 aromatic heterocycles. The van der Waals surface area contributed by atoms with Gasteiger partial charge in [0.25, 0.3) is 0 Å². The normalized spacial score (nSPS) is 17.2. The lowest BCUT2D eigenvalue weighted by atomic mass is 10.00. The van der Waals surface area contributed by atoms with Crippen molar-refractivity contribution >= 4 is 33.2 Å². The molecule has 0 saturated carbocycles. The Bertz CT molecular complexity index is 644. The van der Waals surface area contributed by atoms with Gasteiger partial charge in [0.05, 0.1) is 12.6 Å². The SMILES string of the molecule is Cc1ccc(NC2CCOc3ccc(Br)cc32)cc1Cl. The zero-order valence-corrected chi connectivity index (χ0v) is 13.5. The van der Waals surface area contributed by atoms with E-state index in [1.165, 1.54) is 5.56 Å². The molecular formula is C16H15BrClNO. The van der Waals surface area contributed by atoms with E-state index in [2.05, 4.69) is 33.4 Å². The van der Waals surface area contributed by atoms with Gasteiger partial charge in [-0.15, -0.1) is 0 Å². The second-order valence-electron chi connectivity index (χ2n) is 4.98. The molecule has 0 radical (unpaired) electrons. The predicted molar refractivity (Wildman–Crippen MR) is 86.8 cm³/mol. The molecule has 1 atom stereocenters. The van der Waals surface area contributed by atoms with Gasteiger partial charge in [0.1, 0.15) is 5.75 Å². The molecule has 2 nitrogen and oxygen atoms in total. The largest absolute Gasteiger partial charge is 0.493 e. The Morgan fingerprint density at radius 1 is 1.25 bits per heavy atom. The van der Waals surface area contributed by atoms with Gasteiger partial charge in [-0.05, 0) is 42.8 Å². The Morgan fingerprint density at radius 3 is 2.90 bits per heavy atom. The highest BCUT2D eigenvalue weighted by Crippen LogP contribution is 2.36. The fourth-order valence-corrected chi connectivity index (χ4v) is 2.96. The molecule has 0 saturated heterocycles. The number of hydrogen-bond acceptors (Lipinski definition) is 2. The van der Waals surface area contributed by atoms with Crippen LogP contribution in [0, 0.1) is 6.92 Å². The second kappa shape index (κ2) is 5.66. The molecule has 1 aliphatic heterocycles. The highest BCUT2D eigenvalue weighted by Gasteiger charge is 2.21. The first-order chi connectivity index (χ1) is 9.63. The summed E-state index contributed by atoms with van der Waals surface area (Å²) in [7, 11) is 0. The maximum atomic E-state index is 6.18. The number of hydrogen-bond donors (Lipinski definition) is 1. The lowest BCUT2D eigenvalue weighted by molar-refractivity contribution is 0.274. The van der Waals surface area contributed by atoms with Crippen molar-refractivity contribution in [3.8, 4) is 5.75 Å². The van der Waals surface area contributed by atoms with Crippen LogP contribution < -0.4 is 10.1 Å². The molecule has 1 N–H and O–H groups in total. The molecule has 2 aromatic carbocycles. The molecule has 3 rings (SSSR count). The summed E-state index contributed by atoms with van der Waals surface area (Å²) >= 11 is 9.70. The van der Waals surface area contributed by atoms with E-state index in [0.717, 1.165) is 39.5 Å². The van der Waals surface area contributed by atoms with Gasteiger partial charge in [-0.1, -0.05) is 33.6 Å². The second-order valence-corrected chi connectivity index (χ2v) is 6.30. The summed E-state index contributed by atoms with van der Waals surface area (Å²) < 4.78 is 6.77. The molecule has 0 spiro atoms. The molecule has 104 valence electrons. The van der Waals surface area contributed by atoms with E-state index in [4.69, 9.17) is 16.3 Å². The third-order valence-electron chi connectivity index (χ3n) is 3.52. The minimum Gasteiger partial charge on any atom is -0.493 e. The van der Waals surface area contributed by atoms with Crippen LogP contribution in [0.15, 0.2) is 40.9 Å². The van der Waals surface area contributed by atoms with Crippen molar-refractivity contribution in [2.75, 3.05) is 11.9 Å². The van der Waals surface area contributed by atoms with Crippen molar-refractivity contribution in [3.05, 3.63) is 57.0 Å². The van der Waals surface area contributed by atoms with Gasteiger partial charge in [-0.25, -0.2) is 0 Å². The first kappa shape index (κ1) is 13.8. The van der Waals surface area contributed by atoms with Crippen molar-refractivity contribution in [1.82, 2.24) is 0 Å². The van der Waals surface area contributed by atoms with Crippen molar-refractivity contribution in [2.45, 2.75) is 19.4 Å². The molecule has 1 aliphatic rings. The van der Waals surface area contributed by atoms with Crippen LogP contribution in [0.5, 0.6) is 5.75 Å². The summed E-state index contributed by atoms with van der Waals surface area (Å²) in [5, 5.41) is 4.34. The molecule has 1 heterocycles. The fraction of sp³-hybridized carbons (Fsp3) is 0.250. The maximum Gasteiger partial charge on any atom is 0.124 e. The third kappa shape index (κ3) is 2.79. The van der Waals surface area contributed by atoms with E-state index < -0.39 is 0 Å². The van der Waals surface area contributed by atoms with Crippen LogP contribution in [0.4, 0.5) is 5.69 Å². The molecule has 0 aliphatic carbocycles. The molecule has 4 heteroatoms. The van der Waals surface area contributed by atoms with E-state index in [-0.39, 0.29) is 6.04 Å². The average molecular weight is 353 g/mol. The van der Waals surface area contributed by atoms with Crippen LogP contribution in [-0.2, 0) is 0 Å². The van der Waals surface area contributed by atoms with Crippen LogP contribution in [0.1, 0.15) is 23.6 Å². The first-order valence-corrected chi connectivity index (χ1v) is 7.75. The Labute approximate surface area is 132 Å². The number of halogens is 2. The van der Waals surface area contributed by atoms with E-state index in [1.807, 2.05) is 31.2 Å². The highest BCUT2D eigenvalue weighted by molar-refractivity contribution is 9.10. The van der Waals surface area contributed by atoms with E-state index >= 15 is 0 Å².